The van der Waals surface area contributed by atoms with E-state index in [2.05, 4.69) is 80.1 Å². The summed E-state index contributed by atoms with van der Waals surface area (Å²) in [5, 5.41) is 11.7. The number of nitrogens with zero attached hydrogens (tertiary/aromatic N) is 4. The van der Waals surface area contributed by atoms with Gasteiger partial charge in [-0.3, -0.25) is 20.4 Å². The number of amidine groups is 1. The maximum atomic E-state index is 9.86. The monoisotopic (exact) mass is 715 g/mol. The molecule has 2 heterocycles. The first-order valence-corrected chi connectivity index (χ1v) is 15.0. The molecular weight excluding hydrogens is 689 g/mol. The molecule has 6 rings (SSSR count). The molecule has 0 unspecified atom stereocenters. The number of rotatable bonds is 3. The summed E-state index contributed by atoms with van der Waals surface area (Å²) in [5.74, 6) is 0. The van der Waals surface area contributed by atoms with Gasteiger partial charge in [0.05, 0.1) is 17.2 Å². The van der Waals surface area contributed by atoms with Crippen LogP contribution in [0.3, 0.4) is 0 Å². The zero-order valence-electron chi connectivity index (χ0n) is 22.5. The predicted molar refractivity (Wildman–Crippen MR) is 168 cm³/mol. The molecule has 0 saturated carbocycles. The Kier molecular flexibility index (Phi) is 11.5. The minimum absolute atomic E-state index is 0. The number of halogens is 5. The van der Waals surface area contributed by atoms with Crippen molar-refractivity contribution in [3.63, 3.8) is 0 Å². The zero-order valence-corrected chi connectivity index (χ0v) is 26.1. The number of nitrogens with one attached hydrogen (secondary N) is 1. The molecule has 0 amide bonds. The van der Waals surface area contributed by atoms with Crippen molar-refractivity contribution in [2.24, 2.45) is 10.1 Å². The van der Waals surface area contributed by atoms with E-state index in [-0.39, 0.29) is 19.5 Å². The third-order valence-corrected chi connectivity index (χ3v) is 6.03. The summed E-state index contributed by atoms with van der Waals surface area (Å²) in [4.78, 5) is 12.8. The molecule has 4 aromatic carbocycles. The van der Waals surface area contributed by atoms with Crippen LogP contribution in [0.2, 0.25) is 0 Å². The van der Waals surface area contributed by atoms with E-state index in [1.54, 1.807) is 12.4 Å². The summed E-state index contributed by atoms with van der Waals surface area (Å²) in [6.07, 6.45) is 5.43. The van der Waals surface area contributed by atoms with Crippen LogP contribution in [-0.2, 0) is 32.1 Å². The Hall–Kier alpha value is -3.72. The molecular formula is C30H25F5N5PRuS. The first kappa shape index (κ1) is 33.8. The van der Waals surface area contributed by atoms with Gasteiger partial charge in [-0.15, -0.1) is 0 Å². The van der Waals surface area contributed by atoms with Crippen LogP contribution >= 0.6 is 8.16 Å². The smallest absolute Gasteiger partial charge is 0.254 e. The fraction of sp³-hybridized carbons (Fsp3) is 0.0667. The van der Waals surface area contributed by atoms with Gasteiger partial charge < -0.3 is 12.6 Å². The number of benzene rings is 4. The Balaban J connectivity index is 0.000000206. The van der Waals surface area contributed by atoms with E-state index < -0.39 is 8.16 Å². The van der Waals surface area contributed by atoms with Crippen LogP contribution in [0.4, 0.5) is 21.0 Å². The molecule has 0 aliphatic heterocycles. The van der Waals surface area contributed by atoms with Gasteiger partial charge in [-0.25, -0.2) is 0 Å². The van der Waals surface area contributed by atoms with Gasteiger partial charge in [0.15, 0.2) is 0 Å². The number of fused-ring (bicyclic) bond motifs is 5. The number of hydrazone groups is 1. The molecule has 0 bridgehead atoms. The second-order valence-electron chi connectivity index (χ2n) is 8.81. The average molecular weight is 715 g/mol. The first-order valence-electron chi connectivity index (χ1n) is 12.7. The minimum Gasteiger partial charge on any atom is -0.254 e. The van der Waals surface area contributed by atoms with Gasteiger partial charge in [0, 0.05) is 35.3 Å². The fourth-order valence-corrected chi connectivity index (χ4v) is 4.38. The molecule has 0 spiro atoms. The van der Waals surface area contributed by atoms with E-state index in [1.807, 2.05) is 49.5 Å². The largest absolute Gasteiger partial charge is 2.00 e. The van der Waals surface area contributed by atoms with Crippen molar-refractivity contribution in [1.29, 1.82) is 0 Å². The van der Waals surface area contributed by atoms with Gasteiger partial charge in [0.25, 0.3) is 0 Å². The van der Waals surface area contributed by atoms with Gasteiger partial charge in [0.2, 0.25) is 0 Å². The Labute approximate surface area is 263 Å². The van der Waals surface area contributed by atoms with Crippen LogP contribution in [0.5, 0.6) is 0 Å². The van der Waals surface area contributed by atoms with Gasteiger partial charge in [0.1, 0.15) is 0 Å². The second kappa shape index (κ2) is 14.6. The summed E-state index contributed by atoms with van der Waals surface area (Å²) in [7, 11) is -8.75. The third kappa shape index (κ3) is 10.2. The molecule has 43 heavy (non-hydrogen) atoms. The number of hydrogen-bond acceptors (Lipinski definition) is 5. The van der Waals surface area contributed by atoms with E-state index in [0.717, 1.165) is 27.4 Å². The molecule has 0 aliphatic rings. The number of aliphatic imine (C=N–C) groups is 1. The van der Waals surface area contributed by atoms with E-state index >= 15 is 0 Å². The molecule has 1 N–H and O–H groups in total. The summed E-state index contributed by atoms with van der Waals surface area (Å²) in [5.41, 5.74) is 5.83. The van der Waals surface area contributed by atoms with Crippen LogP contribution in [0.25, 0.3) is 43.4 Å². The van der Waals surface area contributed by atoms with Crippen molar-refractivity contribution in [3.05, 3.63) is 109 Å². The van der Waals surface area contributed by atoms with Gasteiger partial charge in [-0.05, 0) is 51.8 Å². The predicted octanol–water partition coefficient (Wildman–Crippen LogP) is 9.31. The summed E-state index contributed by atoms with van der Waals surface area (Å²) in [6.45, 7) is 2.59. The average Bonchev–Trinajstić information content (AvgIpc) is 2.96. The molecule has 0 fully saturated rings. The topological polar surface area (TPSA) is 62.5 Å². The normalized spacial score (nSPS) is 12.5. The fourth-order valence-electron chi connectivity index (χ4n) is 4.20. The number of aromatic nitrogens is 2. The summed E-state index contributed by atoms with van der Waals surface area (Å²) in [6, 6.07) is 31.0. The molecule has 224 valence electrons. The van der Waals surface area contributed by atoms with Crippen LogP contribution in [-0.4, -0.2) is 27.9 Å². The maximum Gasteiger partial charge on any atom is 2.00 e. The van der Waals surface area contributed by atoms with Crippen LogP contribution in [0, 0.1) is 0 Å². The molecule has 0 radical (unpaired) electrons. The zero-order chi connectivity index (χ0) is 30.2. The summed E-state index contributed by atoms with van der Waals surface area (Å²) >= 11 is 5.07. The van der Waals surface area contributed by atoms with Crippen molar-refractivity contribution >= 4 is 75.5 Å². The standard InChI is InChI=1S/C18H17N3S.C12H8N2.F5HP.Ru/c1-2-19-18(22)21-20-12-17-15-9-5-3-7-13(15)11-14-8-4-6-10-16(14)17;1-3-9-5-6-10-4-2-8-14-12(10)11(9)13-7-1;1-6(2,3,4)5;/h3-12H,2H2,1H3,(H2,19,21,22);1-8H;6H;/q;;-1;+2/p-1/b20-12-;;;. The first-order chi connectivity index (χ1) is 20.0. The molecule has 5 nitrogen and oxygen atoms in total. The van der Waals surface area contributed by atoms with Crippen molar-refractivity contribution in [3.8, 4) is 0 Å². The molecule has 13 heteroatoms. The van der Waals surface area contributed by atoms with Gasteiger partial charge in [-0.2, -0.15) is 5.10 Å². The van der Waals surface area contributed by atoms with E-state index in [1.165, 1.54) is 21.5 Å². The maximum absolute atomic E-state index is 9.86. The Morgan fingerprint density at radius 3 is 1.65 bits per heavy atom. The molecule has 0 saturated heterocycles. The number of hydrogen-bond donors (Lipinski definition) is 1. The van der Waals surface area contributed by atoms with Gasteiger partial charge >= 0.3 is 48.6 Å². The molecule has 0 atom stereocenters. The minimum atomic E-state index is -8.75. The Morgan fingerprint density at radius 2 is 1.19 bits per heavy atom. The second-order valence-corrected chi connectivity index (χ2v) is 10.6. The SMILES string of the molecule is CCN=C([S-])N/N=C\c1c2ccccc2cc2ccccc12.F[PH-](F)(F)(F)F.[Ru+2].c1cnc2c(c1)ccc1cccnc12. The quantitative estimate of drug-likeness (QED) is 0.0229. The van der Waals surface area contributed by atoms with Crippen molar-refractivity contribution < 1.29 is 40.5 Å². The molecule has 6 aromatic rings. The van der Waals surface area contributed by atoms with Gasteiger partial charge in [-0.1, -0.05) is 72.8 Å². The van der Waals surface area contributed by atoms with Crippen molar-refractivity contribution in [1.82, 2.24) is 15.4 Å². The van der Waals surface area contributed by atoms with Crippen molar-refractivity contribution in [2.75, 3.05) is 6.54 Å². The summed E-state index contributed by atoms with van der Waals surface area (Å²) < 4.78 is 49.3. The van der Waals surface area contributed by atoms with E-state index in [4.69, 9.17) is 12.6 Å². The van der Waals surface area contributed by atoms with Crippen LogP contribution in [0.15, 0.2) is 113 Å². The molecule has 0 aliphatic carbocycles. The number of pyridine rings is 2. The third-order valence-electron chi connectivity index (χ3n) is 5.81. The Morgan fingerprint density at radius 1 is 0.744 bits per heavy atom. The van der Waals surface area contributed by atoms with Crippen LogP contribution < -0.4 is 5.43 Å². The van der Waals surface area contributed by atoms with Crippen molar-refractivity contribution in [2.45, 2.75) is 6.92 Å². The molecule has 2 aromatic heterocycles. The van der Waals surface area contributed by atoms with E-state index in [0.29, 0.717) is 11.7 Å². The van der Waals surface area contributed by atoms with Crippen LogP contribution in [0.1, 0.15) is 12.5 Å². The van der Waals surface area contributed by atoms with E-state index in [9.17, 15) is 21.0 Å². The Bertz CT molecular complexity index is 1790.